The molecule has 6 heteroatoms. The molecule has 1 aliphatic heterocycles. The van der Waals surface area contributed by atoms with Gasteiger partial charge in [0.05, 0.1) is 11.6 Å². The minimum Gasteiger partial charge on any atom is -0.352 e. The average Bonchev–Trinajstić information content (AvgIpc) is 3.15. The Kier molecular flexibility index (Phi) is 6.01. The molecule has 2 fully saturated rings. The van der Waals surface area contributed by atoms with Gasteiger partial charge in [-0.25, -0.2) is 8.78 Å². The van der Waals surface area contributed by atoms with Crippen LogP contribution < -0.4 is 5.32 Å². The summed E-state index contributed by atoms with van der Waals surface area (Å²) in [5.74, 6) is -1.91. The number of nitrogens with zero attached hydrogens (tertiary/aromatic N) is 1. The second-order valence-electron chi connectivity index (χ2n) is 7.46. The number of likely N-dealkylation sites (tertiary alicyclic amines) is 1. The highest BCUT2D eigenvalue weighted by Crippen LogP contribution is 2.25. The maximum absolute atomic E-state index is 13.8. The van der Waals surface area contributed by atoms with Crippen molar-refractivity contribution in [1.82, 2.24) is 10.2 Å². The molecular formula is C20H26F2N2O2. The molecule has 1 heterocycles. The zero-order chi connectivity index (χ0) is 18.7. The summed E-state index contributed by atoms with van der Waals surface area (Å²) in [6.07, 6.45) is 5.54. The Morgan fingerprint density at radius 1 is 1.12 bits per heavy atom. The second-order valence-corrected chi connectivity index (χ2v) is 7.46. The lowest BCUT2D eigenvalue weighted by Gasteiger charge is -2.35. The highest BCUT2D eigenvalue weighted by Gasteiger charge is 2.32. The van der Waals surface area contributed by atoms with E-state index in [1.165, 1.54) is 12.8 Å². The third kappa shape index (κ3) is 4.29. The minimum absolute atomic E-state index is 0.0397. The molecule has 1 aliphatic carbocycles. The number of amides is 1. The monoisotopic (exact) mass is 364 g/mol. The molecule has 0 aromatic heterocycles. The standard InChI is InChI=1S/C20H26F2N2O2/c1-13(20(26)23-16-4-2-3-5-16)24-10-8-14(9-11-24)19(25)17-12-15(21)6-7-18(17)22/h6-7,12-14,16H,2-5,8-11H2,1H3,(H,23,26). The summed E-state index contributed by atoms with van der Waals surface area (Å²) in [7, 11) is 0. The molecule has 1 atom stereocenters. The number of hydrogen-bond donors (Lipinski definition) is 1. The lowest BCUT2D eigenvalue weighted by Crippen LogP contribution is -2.50. The van der Waals surface area contributed by atoms with E-state index in [9.17, 15) is 18.4 Å². The van der Waals surface area contributed by atoms with Gasteiger partial charge in [-0.1, -0.05) is 12.8 Å². The molecule has 0 radical (unpaired) electrons. The molecule has 1 saturated carbocycles. The molecule has 1 saturated heterocycles. The van der Waals surface area contributed by atoms with Crippen LogP contribution >= 0.6 is 0 Å². The number of hydrogen-bond acceptors (Lipinski definition) is 3. The third-order valence-corrected chi connectivity index (χ3v) is 5.72. The van der Waals surface area contributed by atoms with Crippen molar-refractivity contribution < 1.29 is 18.4 Å². The van der Waals surface area contributed by atoms with Gasteiger partial charge in [-0.05, 0) is 63.9 Å². The molecule has 1 amide bonds. The first-order valence-corrected chi connectivity index (χ1v) is 9.49. The zero-order valence-electron chi connectivity index (χ0n) is 15.1. The van der Waals surface area contributed by atoms with Crippen LogP contribution in [-0.2, 0) is 4.79 Å². The molecule has 0 spiro atoms. The fraction of sp³-hybridized carbons (Fsp3) is 0.600. The van der Waals surface area contributed by atoms with E-state index in [1.54, 1.807) is 0 Å². The molecule has 3 rings (SSSR count). The number of halogens is 2. The van der Waals surface area contributed by atoms with Crippen molar-refractivity contribution in [3.63, 3.8) is 0 Å². The van der Waals surface area contributed by atoms with Crippen molar-refractivity contribution in [2.45, 2.75) is 57.5 Å². The topological polar surface area (TPSA) is 49.4 Å². The molecule has 2 aliphatic rings. The first kappa shape index (κ1) is 19.0. The molecule has 1 aromatic rings. The largest absolute Gasteiger partial charge is 0.352 e. The molecule has 142 valence electrons. The van der Waals surface area contributed by atoms with Crippen LogP contribution in [-0.4, -0.2) is 41.8 Å². The number of piperidine rings is 1. The van der Waals surface area contributed by atoms with Crippen LogP contribution in [0.2, 0.25) is 0 Å². The van der Waals surface area contributed by atoms with Gasteiger partial charge in [0.2, 0.25) is 5.91 Å². The number of carbonyl (C=O) groups is 2. The van der Waals surface area contributed by atoms with Crippen molar-refractivity contribution >= 4 is 11.7 Å². The zero-order valence-corrected chi connectivity index (χ0v) is 15.1. The Balaban J connectivity index is 1.54. The maximum atomic E-state index is 13.8. The first-order chi connectivity index (χ1) is 12.5. The summed E-state index contributed by atoms with van der Waals surface area (Å²) in [6.45, 7) is 3.10. The van der Waals surface area contributed by atoms with Crippen LogP contribution in [0.4, 0.5) is 8.78 Å². The molecule has 1 aromatic carbocycles. The van der Waals surface area contributed by atoms with Crippen LogP contribution in [0.15, 0.2) is 18.2 Å². The van der Waals surface area contributed by atoms with Crippen molar-refractivity contribution in [3.05, 3.63) is 35.4 Å². The Hall–Kier alpha value is -1.82. The molecule has 0 bridgehead atoms. The SMILES string of the molecule is CC(C(=O)NC1CCCC1)N1CCC(C(=O)c2cc(F)ccc2F)CC1. The number of nitrogens with one attached hydrogen (secondary N) is 1. The van der Waals surface area contributed by atoms with Crippen LogP contribution in [0.25, 0.3) is 0 Å². The van der Waals surface area contributed by atoms with Gasteiger partial charge in [0.25, 0.3) is 0 Å². The van der Waals surface area contributed by atoms with Crippen molar-refractivity contribution in [2.24, 2.45) is 5.92 Å². The van der Waals surface area contributed by atoms with E-state index in [4.69, 9.17) is 0 Å². The van der Waals surface area contributed by atoms with E-state index in [2.05, 4.69) is 10.2 Å². The van der Waals surface area contributed by atoms with Gasteiger partial charge in [-0.2, -0.15) is 0 Å². The van der Waals surface area contributed by atoms with E-state index in [1.807, 2.05) is 6.92 Å². The quantitative estimate of drug-likeness (QED) is 0.816. The van der Waals surface area contributed by atoms with Gasteiger partial charge in [0.1, 0.15) is 11.6 Å². The van der Waals surface area contributed by atoms with E-state index in [0.717, 1.165) is 31.0 Å². The Morgan fingerprint density at radius 3 is 2.42 bits per heavy atom. The van der Waals surface area contributed by atoms with Gasteiger partial charge in [0.15, 0.2) is 5.78 Å². The Morgan fingerprint density at radius 2 is 1.77 bits per heavy atom. The van der Waals surface area contributed by atoms with Crippen molar-refractivity contribution in [2.75, 3.05) is 13.1 Å². The molecule has 1 N–H and O–H groups in total. The minimum atomic E-state index is -0.678. The Bertz CT molecular complexity index is 666. The predicted octanol–water partition coefficient (Wildman–Crippen LogP) is 3.31. The fourth-order valence-electron chi connectivity index (χ4n) is 4.01. The van der Waals surface area contributed by atoms with Gasteiger partial charge < -0.3 is 5.32 Å². The summed E-state index contributed by atoms with van der Waals surface area (Å²) >= 11 is 0. The van der Waals surface area contributed by atoms with Gasteiger partial charge in [-0.3, -0.25) is 14.5 Å². The molecular weight excluding hydrogens is 338 g/mol. The van der Waals surface area contributed by atoms with Crippen LogP contribution in [0.5, 0.6) is 0 Å². The predicted molar refractivity (Wildman–Crippen MR) is 94.8 cm³/mol. The van der Waals surface area contributed by atoms with Gasteiger partial charge in [-0.15, -0.1) is 0 Å². The maximum Gasteiger partial charge on any atom is 0.237 e. The Labute approximate surface area is 152 Å². The van der Waals surface area contributed by atoms with E-state index in [0.29, 0.717) is 32.0 Å². The summed E-state index contributed by atoms with van der Waals surface area (Å²) in [5.41, 5.74) is -0.171. The third-order valence-electron chi connectivity index (χ3n) is 5.72. The summed E-state index contributed by atoms with van der Waals surface area (Å²) in [6, 6.07) is 3.03. The summed E-state index contributed by atoms with van der Waals surface area (Å²) in [5, 5.41) is 3.11. The van der Waals surface area contributed by atoms with Crippen LogP contribution in [0.1, 0.15) is 55.8 Å². The number of ketones is 1. The lowest BCUT2D eigenvalue weighted by atomic mass is 9.88. The number of rotatable bonds is 5. The highest BCUT2D eigenvalue weighted by molar-refractivity contribution is 5.98. The van der Waals surface area contributed by atoms with Crippen LogP contribution in [0.3, 0.4) is 0 Å². The first-order valence-electron chi connectivity index (χ1n) is 9.49. The number of benzene rings is 1. The van der Waals surface area contributed by atoms with E-state index >= 15 is 0 Å². The van der Waals surface area contributed by atoms with Crippen molar-refractivity contribution in [3.8, 4) is 0 Å². The molecule has 1 unspecified atom stereocenters. The number of carbonyl (C=O) groups excluding carboxylic acids is 2. The van der Waals surface area contributed by atoms with Gasteiger partial charge >= 0.3 is 0 Å². The highest BCUT2D eigenvalue weighted by atomic mass is 19.1. The van der Waals surface area contributed by atoms with Crippen molar-refractivity contribution in [1.29, 1.82) is 0 Å². The summed E-state index contributed by atoms with van der Waals surface area (Å²) < 4.78 is 27.2. The van der Waals surface area contributed by atoms with E-state index in [-0.39, 0.29) is 29.2 Å². The fourth-order valence-corrected chi connectivity index (χ4v) is 4.01. The smallest absolute Gasteiger partial charge is 0.237 e. The van der Waals surface area contributed by atoms with E-state index < -0.39 is 11.6 Å². The summed E-state index contributed by atoms with van der Waals surface area (Å²) in [4.78, 5) is 27.0. The molecule has 4 nitrogen and oxygen atoms in total. The normalized spacial score (nSPS) is 20.9. The second kappa shape index (κ2) is 8.25. The van der Waals surface area contributed by atoms with Crippen LogP contribution in [0, 0.1) is 17.6 Å². The average molecular weight is 364 g/mol. The van der Waals surface area contributed by atoms with Gasteiger partial charge in [0, 0.05) is 12.0 Å². The number of Topliss-reactive ketones (excluding diaryl/α,β-unsaturated/α-hetero) is 1. The molecule has 26 heavy (non-hydrogen) atoms. The lowest BCUT2D eigenvalue weighted by molar-refractivity contribution is -0.127.